The molecule has 1 amide bonds. The number of nitrogens with zero attached hydrogens (tertiary/aromatic N) is 2. The van der Waals surface area contributed by atoms with Crippen LogP contribution in [0.15, 0.2) is 36.4 Å². The Bertz CT molecular complexity index is 893. The Hall–Kier alpha value is -2.24. The molecule has 3 aliphatic rings. The molecule has 0 N–H and O–H groups in total. The van der Waals surface area contributed by atoms with Gasteiger partial charge in [0.25, 0.3) is 0 Å². The van der Waals surface area contributed by atoms with Crippen LogP contribution in [0.5, 0.6) is 5.75 Å². The topological polar surface area (TPSA) is 42.0 Å². The third-order valence-corrected chi connectivity index (χ3v) is 6.22. The molecule has 2 heterocycles. The van der Waals surface area contributed by atoms with Gasteiger partial charge in [0, 0.05) is 48.9 Å². The van der Waals surface area contributed by atoms with Crippen LogP contribution in [0.1, 0.15) is 22.6 Å². The van der Waals surface area contributed by atoms with E-state index in [1.54, 1.807) is 0 Å². The van der Waals surface area contributed by atoms with Gasteiger partial charge in [0.05, 0.1) is 12.5 Å². The number of rotatable bonds is 2. The fourth-order valence-corrected chi connectivity index (χ4v) is 4.60. The van der Waals surface area contributed by atoms with E-state index >= 15 is 0 Å². The minimum atomic E-state index is -0.0275. The second kappa shape index (κ2) is 6.73. The van der Waals surface area contributed by atoms with Crippen molar-refractivity contribution in [3.05, 3.63) is 58.1 Å². The molecule has 1 fully saturated rings. The highest BCUT2D eigenvalue weighted by Gasteiger charge is 2.37. The number of benzene rings is 2. The van der Waals surface area contributed by atoms with E-state index < -0.39 is 0 Å². The molecule has 0 radical (unpaired) electrons. The summed E-state index contributed by atoms with van der Waals surface area (Å²) in [6, 6.07) is 11.9. The molecule has 5 rings (SSSR count). The molecule has 5 nitrogen and oxygen atoms in total. The molecule has 0 aromatic heterocycles. The Morgan fingerprint density at radius 2 is 1.85 bits per heavy atom. The van der Waals surface area contributed by atoms with Gasteiger partial charge in [-0.15, -0.1) is 0 Å². The number of amides is 1. The first kappa shape index (κ1) is 16.9. The van der Waals surface area contributed by atoms with Gasteiger partial charge in [-0.2, -0.15) is 4.89 Å². The number of fused-ring (bicyclic) bond motifs is 2. The summed E-state index contributed by atoms with van der Waals surface area (Å²) >= 11 is 6.22. The molecule has 6 heteroatoms. The SMILES string of the molecule is O=C([C@@H]1Cc2c(Cl)cccc21)N1CCN(c2cccc3c2CCOO3)CC1. The van der Waals surface area contributed by atoms with Crippen molar-refractivity contribution in [2.75, 3.05) is 37.7 Å². The van der Waals surface area contributed by atoms with Gasteiger partial charge in [-0.3, -0.25) is 4.79 Å². The molecule has 0 spiro atoms. The maximum atomic E-state index is 13.0. The Morgan fingerprint density at radius 1 is 1.04 bits per heavy atom. The van der Waals surface area contributed by atoms with Crippen molar-refractivity contribution in [2.24, 2.45) is 0 Å². The summed E-state index contributed by atoms with van der Waals surface area (Å²) in [7, 11) is 0. The first-order chi connectivity index (χ1) is 13.2. The van der Waals surface area contributed by atoms with E-state index in [4.69, 9.17) is 21.4 Å². The highest BCUT2D eigenvalue weighted by atomic mass is 35.5. The monoisotopic (exact) mass is 384 g/mol. The second-order valence-electron chi connectivity index (χ2n) is 7.29. The van der Waals surface area contributed by atoms with Gasteiger partial charge < -0.3 is 14.7 Å². The summed E-state index contributed by atoms with van der Waals surface area (Å²) in [6.07, 6.45) is 1.61. The standard InChI is InChI=1S/C21H21ClN2O3/c22-18-4-1-3-14-16(18)13-17(14)21(25)24-10-8-23(9-11-24)19-5-2-6-20-15(19)7-12-26-27-20/h1-6,17H,7-13H2/t17-/m1/s1. The van der Waals surface area contributed by atoms with E-state index in [-0.39, 0.29) is 11.8 Å². The molecule has 2 aliphatic heterocycles. The molecule has 140 valence electrons. The largest absolute Gasteiger partial charge is 0.368 e. The number of carbonyl (C=O) groups is 1. The van der Waals surface area contributed by atoms with Crippen LogP contribution < -0.4 is 9.79 Å². The maximum Gasteiger partial charge on any atom is 0.230 e. The molecular formula is C21H21ClN2O3. The van der Waals surface area contributed by atoms with Gasteiger partial charge in [-0.05, 0) is 35.7 Å². The number of piperazine rings is 1. The van der Waals surface area contributed by atoms with E-state index in [9.17, 15) is 4.79 Å². The van der Waals surface area contributed by atoms with Gasteiger partial charge in [0.1, 0.15) is 0 Å². The summed E-state index contributed by atoms with van der Waals surface area (Å²) in [5.41, 5.74) is 4.63. The highest BCUT2D eigenvalue weighted by Crippen LogP contribution is 2.41. The van der Waals surface area contributed by atoms with Crippen molar-refractivity contribution in [1.29, 1.82) is 0 Å². The van der Waals surface area contributed by atoms with Crippen LogP contribution in [-0.2, 0) is 22.5 Å². The Morgan fingerprint density at radius 3 is 2.70 bits per heavy atom. The Balaban J connectivity index is 1.27. The van der Waals surface area contributed by atoms with Crippen LogP contribution >= 0.6 is 11.6 Å². The third-order valence-electron chi connectivity index (χ3n) is 5.86. The molecular weight excluding hydrogens is 364 g/mol. The van der Waals surface area contributed by atoms with Gasteiger partial charge in [-0.25, -0.2) is 0 Å². The van der Waals surface area contributed by atoms with E-state index in [0.29, 0.717) is 6.61 Å². The molecule has 2 aromatic carbocycles. The van der Waals surface area contributed by atoms with Crippen LogP contribution in [-0.4, -0.2) is 43.6 Å². The molecule has 27 heavy (non-hydrogen) atoms. The van der Waals surface area contributed by atoms with E-state index in [1.165, 1.54) is 11.3 Å². The number of anilines is 1. The first-order valence-corrected chi connectivity index (χ1v) is 9.82. The van der Waals surface area contributed by atoms with Gasteiger partial charge in [0.2, 0.25) is 5.91 Å². The van der Waals surface area contributed by atoms with Crippen LogP contribution in [0.25, 0.3) is 0 Å². The van der Waals surface area contributed by atoms with E-state index in [2.05, 4.69) is 11.0 Å². The van der Waals surface area contributed by atoms with Gasteiger partial charge >= 0.3 is 0 Å². The summed E-state index contributed by atoms with van der Waals surface area (Å²) in [5, 5.41) is 0.779. The lowest BCUT2D eigenvalue weighted by Crippen LogP contribution is -2.51. The number of hydrogen-bond acceptors (Lipinski definition) is 4. The lowest BCUT2D eigenvalue weighted by Gasteiger charge is -2.40. The van der Waals surface area contributed by atoms with Crippen molar-refractivity contribution in [1.82, 2.24) is 4.90 Å². The molecule has 2 aromatic rings. The first-order valence-electron chi connectivity index (χ1n) is 9.45. The second-order valence-corrected chi connectivity index (χ2v) is 7.69. The van der Waals surface area contributed by atoms with Crippen LogP contribution in [0, 0.1) is 0 Å². The zero-order valence-corrected chi connectivity index (χ0v) is 15.7. The van der Waals surface area contributed by atoms with Gasteiger partial charge in [0.15, 0.2) is 5.75 Å². The van der Waals surface area contributed by atoms with E-state index in [1.807, 2.05) is 35.2 Å². The number of carbonyl (C=O) groups excluding carboxylic acids is 1. The Kier molecular flexibility index (Phi) is 4.21. The van der Waals surface area contributed by atoms with Crippen LogP contribution in [0.2, 0.25) is 5.02 Å². The van der Waals surface area contributed by atoms with Crippen molar-refractivity contribution in [3.63, 3.8) is 0 Å². The summed E-state index contributed by atoms with van der Waals surface area (Å²) in [5.74, 6) is 1.01. The van der Waals surface area contributed by atoms with Crippen molar-refractivity contribution in [3.8, 4) is 5.75 Å². The zero-order chi connectivity index (χ0) is 18.4. The predicted molar refractivity (Wildman–Crippen MR) is 103 cm³/mol. The number of hydrogen-bond donors (Lipinski definition) is 0. The van der Waals surface area contributed by atoms with Crippen molar-refractivity contribution in [2.45, 2.75) is 18.8 Å². The van der Waals surface area contributed by atoms with Crippen molar-refractivity contribution < 1.29 is 14.6 Å². The Labute approximate surface area is 163 Å². The molecule has 0 unspecified atom stereocenters. The van der Waals surface area contributed by atoms with Crippen LogP contribution in [0.4, 0.5) is 5.69 Å². The summed E-state index contributed by atoms with van der Waals surface area (Å²) in [4.78, 5) is 27.7. The molecule has 1 atom stereocenters. The minimum absolute atomic E-state index is 0.0275. The molecule has 1 aliphatic carbocycles. The van der Waals surface area contributed by atoms with Gasteiger partial charge in [-0.1, -0.05) is 29.8 Å². The van der Waals surface area contributed by atoms with Crippen molar-refractivity contribution >= 4 is 23.2 Å². The lowest BCUT2D eigenvalue weighted by molar-refractivity contribution is -0.215. The molecule has 0 bridgehead atoms. The molecule has 0 saturated carbocycles. The predicted octanol–water partition coefficient (Wildman–Crippen LogP) is 3.20. The lowest BCUT2D eigenvalue weighted by atomic mass is 9.76. The normalized spacial score (nSPS) is 21.0. The zero-order valence-electron chi connectivity index (χ0n) is 15.0. The average molecular weight is 385 g/mol. The highest BCUT2D eigenvalue weighted by molar-refractivity contribution is 6.31. The summed E-state index contributed by atoms with van der Waals surface area (Å²) < 4.78 is 0. The smallest absolute Gasteiger partial charge is 0.230 e. The van der Waals surface area contributed by atoms with Crippen LogP contribution in [0.3, 0.4) is 0 Å². The fraction of sp³-hybridized carbons (Fsp3) is 0.381. The minimum Gasteiger partial charge on any atom is -0.368 e. The third kappa shape index (κ3) is 2.86. The average Bonchev–Trinajstić information content (AvgIpc) is 2.69. The maximum absolute atomic E-state index is 13.0. The quantitative estimate of drug-likeness (QED) is 0.746. The number of halogens is 1. The fourth-order valence-electron chi connectivity index (χ4n) is 4.34. The summed E-state index contributed by atoms with van der Waals surface area (Å²) in [6.45, 7) is 3.72. The molecule has 1 saturated heterocycles. The van der Waals surface area contributed by atoms with E-state index in [0.717, 1.165) is 60.9 Å².